The summed E-state index contributed by atoms with van der Waals surface area (Å²) >= 11 is 1.76. The van der Waals surface area contributed by atoms with Crippen LogP contribution in [0.2, 0.25) is 0 Å². The van der Waals surface area contributed by atoms with Crippen molar-refractivity contribution in [1.82, 2.24) is 24.9 Å². The first-order chi connectivity index (χ1) is 17.2. The van der Waals surface area contributed by atoms with E-state index in [0.29, 0.717) is 32.0 Å². The highest BCUT2D eigenvalue weighted by Gasteiger charge is 2.28. The quantitative estimate of drug-likeness (QED) is 0.690. The molecule has 9 heteroatoms. The van der Waals surface area contributed by atoms with Crippen LogP contribution >= 0.6 is 11.8 Å². The van der Waals surface area contributed by atoms with Crippen molar-refractivity contribution in [2.24, 2.45) is 0 Å². The molecule has 190 valence electrons. The lowest BCUT2D eigenvalue weighted by molar-refractivity contribution is 0.0298. The predicted octanol–water partition coefficient (Wildman–Crippen LogP) is 3.67. The minimum atomic E-state index is -0.530. The molecule has 1 N–H and O–H groups in total. The number of fused-ring (bicyclic) bond motifs is 3. The zero-order valence-electron chi connectivity index (χ0n) is 20.4. The van der Waals surface area contributed by atoms with Gasteiger partial charge < -0.3 is 19.4 Å². The number of morpholine rings is 1. The molecule has 0 radical (unpaired) electrons. The highest BCUT2D eigenvalue weighted by atomic mass is 32.2. The molecule has 1 amide bonds. The maximum Gasteiger partial charge on any atom is 0.272 e. The van der Waals surface area contributed by atoms with Crippen molar-refractivity contribution in [2.45, 2.75) is 42.5 Å². The number of ether oxygens (including phenoxy) is 1. The molecule has 5 heterocycles. The third-order valence-corrected chi connectivity index (χ3v) is 8.44. The number of alkyl halides is 1. The lowest BCUT2D eigenvalue weighted by Crippen LogP contribution is -2.41. The highest BCUT2D eigenvalue weighted by molar-refractivity contribution is 7.98. The molecular formula is C26H36FN5O2S. The van der Waals surface area contributed by atoms with Crippen molar-refractivity contribution >= 4 is 17.7 Å². The second-order valence-electron chi connectivity index (χ2n) is 9.68. The number of piperidine rings is 1. The molecule has 0 unspecified atom stereocenters. The number of carbonyl (C=O) groups excluding carboxylic acids is 1. The molecule has 3 saturated heterocycles. The van der Waals surface area contributed by atoms with Crippen LogP contribution in [0, 0.1) is 0 Å². The molecule has 35 heavy (non-hydrogen) atoms. The first kappa shape index (κ1) is 24.7. The summed E-state index contributed by atoms with van der Waals surface area (Å²) < 4.78 is 18.2. The number of rotatable bonds is 4. The molecular weight excluding hydrogens is 465 g/mol. The van der Waals surface area contributed by atoms with Gasteiger partial charge in [-0.1, -0.05) is 18.2 Å². The van der Waals surface area contributed by atoms with Gasteiger partial charge >= 0.3 is 0 Å². The van der Waals surface area contributed by atoms with Crippen molar-refractivity contribution in [2.75, 3.05) is 65.6 Å². The summed E-state index contributed by atoms with van der Waals surface area (Å²) in [6, 6.07) is 8.20. The van der Waals surface area contributed by atoms with E-state index < -0.39 is 6.17 Å². The Morgan fingerprint density at radius 1 is 1.03 bits per heavy atom. The van der Waals surface area contributed by atoms with E-state index in [2.05, 4.69) is 32.1 Å². The summed E-state index contributed by atoms with van der Waals surface area (Å²) in [5, 5.41) is 7.36. The standard InChI is InChI=1S/C15H15N3O2S.C11H21FN2/c19-15(18-5-7-20-8-6-18)14-11-9-21-12-4-2-1-3-10(12)13(11)16-17-14;12-11-3-7-14(8-4-11)10-9-13-5-1-2-6-13/h1-4H,5-9H2,(H,16,17);11H,1-10H2. The molecule has 1 aromatic carbocycles. The first-order valence-corrected chi connectivity index (χ1v) is 13.9. The van der Waals surface area contributed by atoms with Gasteiger partial charge in [-0.2, -0.15) is 5.10 Å². The molecule has 3 fully saturated rings. The number of amides is 1. The number of halogens is 1. The minimum Gasteiger partial charge on any atom is -0.378 e. The van der Waals surface area contributed by atoms with Crippen molar-refractivity contribution in [3.8, 4) is 11.3 Å². The topological polar surface area (TPSA) is 64.7 Å². The number of carbonyl (C=O) groups is 1. The van der Waals surface area contributed by atoms with Crippen LogP contribution in [0.4, 0.5) is 4.39 Å². The second kappa shape index (κ2) is 11.9. The van der Waals surface area contributed by atoms with Crippen LogP contribution in [0.5, 0.6) is 0 Å². The minimum absolute atomic E-state index is 0.0343. The van der Waals surface area contributed by atoms with E-state index in [9.17, 15) is 9.18 Å². The van der Waals surface area contributed by atoms with Gasteiger partial charge in [0, 0.05) is 61.0 Å². The van der Waals surface area contributed by atoms with Crippen molar-refractivity contribution in [1.29, 1.82) is 0 Å². The van der Waals surface area contributed by atoms with E-state index in [1.165, 1.54) is 37.4 Å². The fourth-order valence-corrected chi connectivity index (χ4v) is 6.26. The van der Waals surface area contributed by atoms with E-state index >= 15 is 0 Å². The molecule has 0 atom stereocenters. The monoisotopic (exact) mass is 501 g/mol. The molecule has 1 aromatic heterocycles. The molecule has 4 aliphatic rings. The van der Waals surface area contributed by atoms with Gasteiger partial charge in [-0.25, -0.2) is 4.39 Å². The third kappa shape index (κ3) is 6.07. The van der Waals surface area contributed by atoms with E-state index in [-0.39, 0.29) is 5.91 Å². The third-order valence-electron chi connectivity index (χ3n) is 7.34. The van der Waals surface area contributed by atoms with Gasteiger partial charge in [0.05, 0.1) is 18.9 Å². The van der Waals surface area contributed by atoms with Gasteiger partial charge in [-0.15, -0.1) is 11.8 Å². The van der Waals surface area contributed by atoms with Gasteiger partial charge in [-0.3, -0.25) is 9.89 Å². The number of thioether (sulfide) groups is 1. The van der Waals surface area contributed by atoms with Crippen LogP contribution in [0.25, 0.3) is 11.3 Å². The highest BCUT2D eigenvalue weighted by Crippen LogP contribution is 2.41. The Morgan fingerprint density at radius 3 is 2.46 bits per heavy atom. The van der Waals surface area contributed by atoms with Gasteiger partial charge in [0.25, 0.3) is 5.91 Å². The Hall–Kier alpha value is -1.94. The summed E-state index contributed by atoms with van der Waals surface area (Å²) in [5.41, 5.74) is 3.69. The molecule has 2 aromatic rings. The zero-order chi connectivity index (χ0) is 24.0. The number of aromatic nitrogens is 2. The lowest BCUT2D eigenvalue weighted by Gasteiger charge is -2.29. The SMILES string of the molecule is FC1CCN(CCN2CCCC2)CC1.O=C(c1[nH]nc2c1CSc1ccccc1-2)N1CCOCC1. The van der Waals surface area contributed by atoms with E-state index in [0.717, 1.165) is 55.0 Å². The molecule has 4 aliphatic heterocycles. The fraction of sp³-hybridized carbons (Fsp3) is 0.615. The summed E-state index contributed by atoms with van der Waals surface area (Å²) in [6.45, 7) is 9.35. The van der Waals surface area contributed by atoms with Crippen LogP contribution in [0.1, 0.15) is 41.7 Å². The molecule has 0 spiro atoms. The van der Waals surface area contributed by atoms with Gasteiger partial charge in [0.1, 0.15) is 11.9 Å². The number of benzene rings is 1. The summed E-state index contributed by atoms with van der Waals surface area (Å²) in [4.78, 5) is 20.6. The van der Waals surface area contributed by atoms with Crippen LogP contribution in [0.15, 0.2) is 29.2 Å². The maximum atomic E-state index is 12.9. The summed E-state index contributed by atoms with van der Waals surface area (Å²) in [7, 11) is 0. The number of aromatic amines is 1. The zero-order valence-corrected chi connectivity index (χ0v) is 21.2. The van der Waals surface area contributed by atoms with E-state index in [1.54, 1.807) is 11.8 Å². The average molecular weight is 502 g/mol. The van der Waals surface area contributed by atoms with Gasteiger partial charge in [-0.05, 0) is 44.8 Å². The first-order valence-electron chi connectivity index (χ1n) is 12.9. The van der Waals surface area contributed by atoms with Crippen LogP contribution < -0.4 is 0 Å². The second-order valence-corrected chi connectivity index (χ2v) is 10.7. The Balaban J connectivity index is 0.000000158. The largest absolute Gasteiger partial charge is 0.378 e. The van der Waals surface area contributed by atoms with Crippen LogP contribution in [-0.2, 0) is 10.5 Å². The van der Waals surface area contributed by atoms with Crippen molar-refractivity contribution in [3.05, 3.63) is 35.5 Å². The van der Waals surface area contributed by atoms with Crippen molar-refractivity contribution < 1.29 is 13.9 Å². The normalized spacial score (nSPS) is 21.2. The molecule has 6 rings (SSSR count). The summed E-state index contributed by atoms with van der Waals surface area (Å²) in [5.74, 6) is 0.820. The molecule has 0 aliphatic carbocycles. The smallest absolute Gasteiger partial charge is 0.272 e. The Labute approximate surface area is 211 Å². The van der Waals surface area contributed by atoms with Crippen LogP contribution in [0.3, 0.4) is 0 Å². The molecule has 0 saturated carbocycles. The Bertz CT molecular complexity index is 982. The van der Waals surface area contributed by atoms with Gasteiger partial charge in [0.15, 0.2) is 0 Å². The van der Waals surface area contributed by atoms with Crippen molar-refractivity contribution in [3.63, 3.8) is 0 Å². The average Bonchev–Trinajstić information content (AvgIpc) is 3.59. The predicted molar refractivity (Wildman–Crippen MR) is 137 cm³/mol. The molecule has 0 bridgehead atoms. The number of H-pyrrole nitrogens is 1. The van der Waals surface area contributed by atoms with E-state index in [4.69, 9.17) is 4.74 Å². The number of likely N-dealkylation sites (tertiary alicyclic amines) is 2. The van der Waals surface area contributed by atoms with Crippen LogP contribution in [-0.4, -0.2) is 103 Å². The maximum absolute atomic E-state index is 12.9. The number of nitrogens with zero attached hydrogens (tertiary/aromatic N) is 4. The fourth-order valence-electron chi connectivity index (χ4n) is 5.18. The van der Waals surface area contributed by atoms with Gasteiger partial charge in [0.2, 0.25) is 0 Å². The van der Waals surface area contributed by atoms with E-state index in [1.807, 2.05) is 17.0 Å². The molecule has 7 nitrogen and oxygen atoms in total. The Kier molecular flexibility index (Phi) is 8.39. The Morgan fingerprint density at radius 2 is 1.71 bits per heavy atom. The number of hydrogen-bond donors (Lipinski definition) is 1. The summed E-state index contributed by atoms with van der Waals surface area (Å²) in [6.07, 6.45) is 3.71. The number of hydrogen-bond acceptors (Lipinski definition) is 6. The lowest BCUT2D eigenvalue weighted by atomic mass is 10.1. The number of nitrogens with one attached hydrogen (secondary N) is 1.